The average Bonchev–Trinajstić information content (AvgIpc) is 3.17. The van der Waals surface area contributed by atoms with Gasteiger partial charge in [-0.05, 0) is 29.8 Å². The number of aliphatic imine (C=N–C) groups is 1. The van der Waals surface area contributed by atoms with Gasteiger partial charge in [0.05, 0.1) is 12.8 Å². The second-order valence-corrected chi connectivity index (χ2v) is 6.81. The molecule has 0 bridgehead atoms. The maximum absolute atomic E-state index is 6.41. The van der Waals surface area contributed by atoms with Gasteiger partial charge in [-0.3, -0.25) is 4.99 Å². The second-order valence-electron chi connectivity index (χ2n) is 6.41. The minimum atomic E-state index is 0.277. The molecule has 0 spiro atoms. The number of hydrogen-bond donors (Lipinski definition) is 1. The molecule has 29 heavy (non-hydrogen) atoms. The SMILES string of the molecule is CN=C(N)N(c1cc2ccccc2o1)c1cc(-c2ccccc2Cl)ccc1OC. The van der Waals surface area contributed by atoms with E-state index in [2.05, 4.69) is 4.99 Å². The molecule has 4 rings (SSSR count). The van der Waals surface area contributed by atoms with Crippen LogP contribution in [0.2, 0.25) is 5.02 Å². The molecule has 0 saturated heterocycles. The summed E-state index contributed by atoms with van der Waals surface area (Å²) in [4.78, 5) is 5.92. The molecule has 0 saturated carbocycles. The van der Waals surface area contributed by atoms with E-state index in [1.165, 1.54) is 0 Å². The highest BCUT2D eigenvalue weighted by molar-refractivity contribution is 6.33. The molecule has 3 aromatic carbocycles. The summed E-state index contributed by atoms with van der Waals surface area (Å²) in [5.74, 6) is 1.45. The Morgan fingerprint density at radius 1 is 1.03 bits per heavy atom. The fourth-order valence-corrected chi connectivity index (χ4v) is 3.51. The normalized spacial score (nSPS) is 11.6. The smallest absolute Gasteiger partial charge is 0.208 e. The quantitative estimate of drug-likeness (QED) is 0.342. The minimum absolute atomic E-state index is 0.277. The number of methoxy groups -OCH3 is 1. The van der Waals surface area contributed by atoms with Gasteiger partial charge in [-0.2, -0.15) is 0 Å². The van der Waals surface area contributed by atoms with Crippen LogP contribution in [0.3, 0.4) is 0 Å². The molecule has 0 radical (unpaired) electrons. The summed E-state index contributed by atoms with van der Waals surface area (Å²) in [6, 6.07) is 23.2. The van der Waals surface area contributed by atoms with Gasteiger partial charge in [0.2, 0.25) is 11.8 Å². The highest BCUT2D eigenvalue weighted by atomic mass is 35.5. The number of halogens is 1. The third-order valence-corrected chi connectivity index (χ3v) is 5.03. The number of benzene rings is 3. The first-order valence-corrected chi connectivity index (χ1v) is 9.44. The predicted octanol–water partition coefficient (Wildman–Crippen LogP) is 5.84. The van der Waals surface area contributed by atoms with Gasteiger partial charge in [0.25, 0.3) is 0 Å². The van der Waals surface area contributed by atoms with Crippen LogP contribution in [0.5, 0.6) is 5.75 Å². The summed E-state index contributed by atoms with van der Waals surface area (Å²) in [5, 5.41) is 1.63. The van der Waals surface area contributed by atoms with Crippen LogP contribution in [0.1, 0.15) is 0 Å². The Labute approximate surface area is 174 Å². The van der Waals surface area contributed by atoms with Crippen molar-refractivity contribution in [3.63, 3.8) is 0 Å². The summed E-state index contributed by atoms with van der Waals surface area (Å²) in [6.45, 7) is 0. The molecule has 5 nitrogen and oxygen atoms in total. The summed E-state index contributed by atoms with van der Waals surface area (Å²) in [5.41, 5.74) is 9.58. The lowest BCUT2D eigenvalue weighted by Crippen LogP contribution is -2.33. The Kier molecular flexibility index (Phi) is 5.14. The van der Waals surface area contributed by atoms with Crippen LogP contribution in [0, 0.1) is 0 Å². The number of guanidine groups is 1. The number of para-hydroxylation sites is 1. The molecular weight excluding hydrogens is 386 g/mol. The molecular formula is C23H20ClN3O2. The van der Waals surface area contributed by atoms with Gasteiger partial charge in [-0.15, -0.1) is 0 Å². The third kappa shape index (κ3) is 3.52. The molecule has 0 aliphatic heterocycles. The molecule has 0 aliphatic rings. The number of anilines is 2. The van der Waals surface area contributed by atoms with E-state index in [4.69, 9.17) is 26.5 Å². The van der Waals surface area contributed by atoms with Gasteiger partial charge in [-0.25, -0.2) is 4.90 Å². The van der Waals surface area contributed by atoms with Gasteiger partial charge >= 0.3 is 0 Å². The lowest BCUT2D eigenvalue weighted by atomic mass is 10.0. The van der Waals surface area contributed by atoms with E-state index in [9.17, 15) is 0 Å². The maximum atomic E-state index is 6.41. The number of nitrogens with two attached hydrogens (primary N) is 1. The van der Waals surface area contributed by atoms with Crippen molar-refractivity contribution in [1.29, 1.82) is 0 Å². The van der Waals surface area contributed by atoms with Crippen LogP contribution < -0.4 is 15.4 Å². The predicted molar refractivity (Wildman–Crippen MR) is 119 cm³/mol. The molecule has 0 aliphatic carbocycles. The molecule has 0 fully saturated rings. The Morgan fingerprint density at radius 2 is 1.79 bits per heavy atom. The van der Waals surface area contributed by atoms with Crippen LogP contribution in [0.25, 0.3) is 22.1 Å². The lowest BCUT2D eigenvalue weighted by molar-refractivity contribution is 0.415. The van der Waals surface area contributed by atoms with E-state index in [0.717, 1.165) is 22.1 Å². The monoisotopic (exact) mass is 405 g/mol. The number of furan rings is 1. The summed E-state index contributed by atoms with van der Waals surface area (Å²) >= 11 is 6.41. The Hall–Kier alpha value is -3.44. The molecule has 4 aromatic rings. The molecule has 1 aromatic heterocycles. The Bertz CT molecular complexity index is 1170. The zero-order chi connectivity index (χ0) is 20.4. The summed E-state index contributed by atoms with van der Waals surface area (Å²) in [7, 11) is 3.25. The lowest BCUT2D eigenvalue weighted by Gasteiger charge is -2.23. The van der Waals surface area contributed by atoms with Crippen molar-refractivity contribution in [2.45, 2.75) is 0 Å². The maximum Gasteiger partial charge on any atom is 0.208 e. The van der Waals surface area contributed by atoms with Crippen LogP contribution in [0.4, 0.5) is 11.6 Å². The molecule has 1 heterocycles. The van der Waals surface area contributed by atoms with Crippen LogP contribution in [-0.2, 0) is 0 Å². The number of fused-ring (bicyclic) bond motifs is 1. The minimum Gasteiger partial charge on any atom is -0.495 e. The summed E-state index contributed by atoms with van der Waals surface area (Å²) in [6.07, 6.45) is 0. The Morgan fingerprint density at radius 3 is 2.52 bits per heavy atom. The highest BCUT2D eigenvalue weighted by Crippen LogP contribution is 2.40. The van der Waals surface area contributed by atoms with Crippen molar-refractivity contribution < 1.29 is 9.15 Å². The van der Waals surface area contributed by atoms with Crippen LogP contribution >= 0.6 is 11.6 Å². The number of hydrogen-bond acceptors (Lipinski definition) is 3. The molecule has 2 N–H and O–H groups in total. The first kappa shape index (κ1) is 18.9. The fourth-order valence-electron chi connectivity index (χ4n) is 3.26. The number of ether oxygens (including phenoxy) is 1. The van der Waals surface area contributed by atoms with Gasteiger partial charge in [0, 0.05) is 29.1 Å². The molecule has 0 amide bonds. The van der Waals surface area contributed by atoms with Crippen LogP contribution in [-0.4, -0.2) is 20.1 Å². The molecule has 146 valence electrons. The standard InChI is InChI=1S/C23H20ClN3O2/c1-26-23(25)27(22-14-16-7-3-6-10-20(16)29-22)19-13-15(11-12-21(19)28-2)17-8-4-5-9-18(17)24/h3-14H,1-2H3,(H2,25,26). The van der Waals surface area contributed by atoms with E-state index in [0.29, 0.717) is 22.3 Å². The van der Waals surface area contributed by atoms with E-state index >= 15 is 0 Å². The van der Waals surface area contributed by atoms with E-state index < -0.39 is 0 Å². The van der Waals surface area contributed by atoms with Crippen LogP contribution in [0.15, 0.2) is 82.2 Å². The van der Waals surface area contributed by atoms with Crippen molar-refractivity contribution in [2.75, 3.05) is 19.1 Å². The highest BCUT2D eigenvalue weighted by Gasteiger charge is 2.22. The van der Waals surface area contributed by atoms with Gasteiger partial charge in [-0.1, -0.05) is 54.1 Å². The third-order valence-electron chi connectivity index (χ3n) is 4.70. The van der Waals surface area contributed by atoms with E-state index in [1.54, 1.807) is 19.1 Å². The molecule has 0 atom stereocenters. The largest absolute Gasteiger partial charge is 0.495 e. The second kappa shape index (κ2) is 7.89. The first-order chi connectivity index (χ1) is 14.1. The molecule has 0 unspecified atom stereocenters. The van der Waals surface area contributed by atoms with Crippen molar-refractivity contribution in [2.24, 2.45) is 10.7 Å². The summed E-state index contributed by atoms with van der Waals surface area (Å²) < 4.78 is 11.7. The topological polar surface area (TPSA) is 64.0 Å². The van der Waals surface area contributed by atoms with Gasteiger partial charge in [0.1, 0.15) is 11.3 Å². The van der Waals surface area contributed by atoms with E-state index in [-0.39, 0.29) is 5.96 Å². The van der Waals surface area contributed by atoms with Crippen molar-refractivity contribution in [3.8, 4) is 16.9 Å². The average molecular weight is 406 g/mol. The first-order valence-electron chi connectivity index (χ1n) is 9.06. The fraction of sp³-hybridized carbons (Fsp3) is 0.0870. The van der Waals surface area contributed by atoms with Crippen molar-refractivity contribution in [1.82, 2.24) is 0 Å². The zero-order valence-electron chi connectivity index (χ0n) is 16.1. The molecule has 6 heteroatoms. The van der Waals surface area contributed by atoms with Gasteiger partial charge in [0.15, 0.2) is 0 Å². The number of rotatable bonds is 4. The Balaban J connectivity index is 1.92. The van der Waals surface area contributed by atoms with Crippen molar-refractivity contribution in [3.05, 3.63) is 77.8 Å². The van der Waals surface area contributed by atoms with Crippen molar-refractivity contribution >= 4 is 40.1 Å². The number of nitrogens with zero attached hydrogens (tertiary/aromatic N) is 2. The van der Waals surface area contributed by atoms with E-state index in [1.807, 2.05) is 72.8 Å². The zero-order valence-corrected chi connectivity index (χ0v) is 16.9. The van der Waals surface area contributed by atoms with Gasteiger partial charge < -0.3 is 14.9 Å².